The van der Waals surface area contributed by atoms with Crippen LogP contribution in [0.3, 0.4) is 0 Å². The first-order chi connectivity index (χ1) is 18.1. The lowest BCUT2D eigenvalue weighted by atomic mass is 9.97. The highest BCUT2D eigenvalue weighted by Crippen LogP contribution is 2.33. The highest BCUT2D eigenvalue weighted by molar-refractivity contribution is 6.30. The predicted molar refractivity (Wildman–Crippen MR) is 148 cm³/mol. The number of rotatable bonds is 9. The van der Waals surface area contributed by atoms with E-state index in [1.807, 2.05) is 45.0 Å². The van der Waals surface area contributed by atoms with Gasteiger partial charge < -0.3 is 5.32 Å². The van der Waals surface area contributed by atoms with Crippen molar-refractivity contribution in [1.29, 1.82) is 0 Å². The lowest BCUT2D eigenvalue weighted by molar-refractivity contribution is -0.128. The molecule has 0 aliphatic carbocycles. The van der Waals surface area contributed by atoms with E-state index in [1.54, 1.807) is 48.5 Å². The van der Waals surface area contributed by atoms with Crippen molar-refractivity contribution in [2.45, 2.75) is 52.2 Å². The van der Waals surface area contributed by atoms with Crippen LogP contribution in [-0.2, 0) is 16.1 Å². The molecule has 1 N–H and O–H groups in total. The van der Waals surface area contributed by atoms with Crippen molar-refractivity contribution in [2.24, 2.45) is 0 Å². The summed E-state index contributed by atoms with van der Waals surface area (Å²) >= 11 is 6.16. The van der Waals surface area contributed by atoms with Crippen molar-refractivity contribution in [3.8, 4) is 0 Å². The quantitative estimate of drug-likeness (QED) is 0.293. The number of aromatic nitrogens is 3. The van der Waals surface area contributed by atoms with E-state index >= 15 is 0 Å². The molecule has 38 heavy (non-hydrogen) atoms. The molecule has 0 bridgehead atoms. The van der Waals surface area contributed by atoms with E-state index in [9.17, 15) is 14.4 Å². The summed E-state index contributed by atoms with van der Waals surface area (Å²) in [6, 6.07) is 19.8. The van der Waals surface area contributed by atoms with E-state index in [0.29, 0.717) is 39.3 Å². The number of nitrogens with one attached hydrogen (secondary N) is 1. The molecular weight excluding hydrogens is 502 g/mol. The van der Waals surface area contributed by atoms with E-state index in [2.05, 4.69) is 15.6 Å². The molecular formula is C29H30ClN5O3. The maximum absolute atomic E-state index is 14.2. The first kappa shape index (κ1) is 27.0. The van der Waals surface area contributed by atoms with Crippen LogP contribution < -0.4 is 10.2 Å². The van der Waals surface area contributed by atoms with Crippen molar-refractivity contribution in [1.82, 2.24) is 20.3 Å². The molecule has 4 rings (SSSR count). The summed E-state index contributed by atoms with van der Waals surface area (Å²) in [7, 11) is 0. The minimum absolute atomic E-state index is 0.193. The lowest BCUT2D eigenvalue weighted by Crippen LogP contribution is -2.51. The molecule has 1 aromatic heterocycles. The summed E-state index contributed by atoms with van der Waals surface area (Å²) in [4.78, 5) is 42.2. The number of benzene rings is 3. The van der Waals surface area contributed by atoms with Gasteiger partial charge in [-0.3, -0.25) is 19.3 Å². The van der Waals surface area contributed by atoms with Gasteiger partial charge in [0.05, 0.1) is 11.2 Å². The smallest absolute Gasteiger partial charge is 0.249 e. The van der Waals surface area contributed by atoms with Gasteiger partial charge in [-0.25, -0.2) is 4.68 Å². The third-order valence-corrected chi connectivity index (χ3v) is 6.81. The third-order valence-electron chi connectivity index (χ3n) is 6.55. The largest absolute Gasteiger partial charge is 0.349 e. The Balaban J connectivity index is 1.88. The summed E-state index contributed by atoms with van der Waals surface area (Å²) in [6.07, 6.45) is 0.676. The van der Waals surface area contributed by atoms with Crippen LogP contribution >= 0.6 is 11.6 Å². The molecule has 0 saturated carbocycles. The number of carbonyl (C=O) groups is 3. The van der Waals surface area contributed by atoms with Crippen molar-refractivity contribution < 1.29 is 14.4 Å². The first-order valence-corrected chi connectivity index (χ1v) is 12.8. The Morgan fingerprint density at radius 1 is 1.00 bits per heavy atom. The minimum atomic E-state index is -1.08. The molecule has 3 aromatic carbocycles. The zero-order valence-corrected chi connectivity index (χ0v) is 22.6. The fourth-order valence-corrected chi connectivity index (χ4v) is 4.32. The van der Waals surface area contributed by atoms with Gasteiger partial charge in [0.2, 0.25) is 11.8 Å². The van der Waals surface area contributed by atoms with Gasteiger partial charge in [-0.1, -0.05) is 60.1 Å². The number of ketones is 1. The Kier molecular flexibility index (Phi) is 7.92. The van der Waals surface area contributed by atoms with Gasteiger partial charge in [0, 0.05) is 16.1 Å². The summed E-state index contributed by atoms with van der Waals surface area (Å²) in [5.41, 5.74) is 2.00. The van der Waals surface area contributed by atoms with Crippen molar-refractivity contribution in [2.75, 3.05) is 4.90 Å². The van der Waals surface area contributed by atoms with Crippen molar-refractivity contribution >= 4 is 45.9 Å². The number of hydrogen-bond donors (Lipinski definition) is 1. The van der Waals surface area contributed by atoms with Crippen LogP contribution in [0.15, 0.2) is 72.8 Å². The number of fused-ring (bicyclic) bond motifs is 1. The van der Waals surface area contributed by atoms with Gasteiger partial charge in [-0.2, -0.15) is 0 Å². The van der Waals surface area contributed by atoms with E-state index in [0.717, 1.165) is 0 Å². The number of amides is 2. The first-order valence-electron chi connectivity index (χ1n) is 12.4. The number of hydrogen-bond acceptors (Lipinski definition) is 5. The molecule has 8 nitrogen and oxygen atoms in total. The standard InChI is InChI=1S/C29H30ClN5O3/c1-5-29(3,4)31-28(38)27(20-14-16-21(30)17-15-20)35(24-12-8-6-10-22(24)19(2)36)26(37)18-34-25-13-9-7-11-23(25)32-33-34/h6-17,27H,5,18H2,1-4H3,(H,31,38)/t27-/m1/s1. The third kappa shape index (κ3) is 5.75. The van der Waals surface area contributed by atoms with Gasteiger partial charge in [0.1, 0.15) is 18.1 Å². The molecule has 196 valence electrons. The highest BCUT2D eigenvalue weighted by Gasteiger charge is 2.36. The molecule has 9 heteroatoms. The van der Waals surface area contributed by atoms with Gasteiger partial charge in [0.25, 0.3) is 0 Å². The molecule has 0 radical (unpaired) electrons. The molecule has 0 saturated heterocycles. The number of carbonyl (C=O) groups excluding carboxylic acids is 3. The maximum Gasteiger partial charge on any atom is 0.249 e. The zero-order valence-electron chi connectivity index (χ0n) is 21.8. The normalized spacial score (nSPS) is 12.2. The second-order valence-electron chi connectivity index (χ2n) is 9.75. The van der Waals surface area contributed by atoms with E-state index < -0.39 is 17.5 Å². The Bertz CT molecular complexity index is 1480. The Morgan fingerprint density at radius 3 is 2.34 bits per heavy atom. The predicted octanol–water partition coefficient (Wildman–Crippen LogP) is 5.37. The summed E-state index contributed by atoms with van der Waals surface area (Å²) in [5, 5.41) is 11.9. The molecule has 2 amide bonds. The molecule has 0 fully saturated rings. The van der Waals surface area contributed by atoms with Crippen LogP contribution in [-0.4, -0.2) is 38.1 Å². The summed E-state index contributed by atoms with van der Waals surface area (Å²) in [5.74, 6) is -1.04. The molecule has 0 aliphatic rings. The number of Topliss-reactive ketones (excluding diaryl/α,β-unsaturated/α-hetero) is 1. The Morgan fingerprint density at radius 2 is 1.66 bits per heavy atom. The average Bonchev–Trinajstić information content (AvgIpc) is 3.30. The molecule has 0 spiro atoms. The summed E-state index contributed by atoms with van der Waals surface area (Å²) in [6.45, 7) is 7.05. The van der Waals surface area contributed by atoms with Crippen LogP contribution in [0.2, 0.25) is 5.02 Å². The Hall–Kier alpha value is -4.04. The van der Waals surface area contributed by atoms with Crippen molar-refractivity contribution in [3.05, 3.63) is 88.9 Å². The van der Waals surface area contributed by atoms with Crippen molar-refractivity contribution in [3.63, 3.8) is 0 Å². The summed E-state index contributed by atoms with van der Waals surface area (Å²) < 4.78 is 1.49. The van der Waals surface area contributed by atoms with Crippen LogP contribution in [0.4, 0.5) is 5.69 Å². The van der Waals surface area contributed by atoms with Gasteiger partial charge in [-0.05, 0) is 69.2 Å². The number of halogens is 1. The fourth-order valence-electron chi connectivity index (χ4n) is 4.19. The monoisotopic (exact) mass is 531 g/mol. The number of anilines is 1. The SMILES string of the molecule is CCC(C)(C)NC(=O)[C@@H](c1ccc(Cl)cc1)N(C(=O)Cn1nnc2ccccc21)c1ccccc1C(C)=O. The number of para-hydroxylation sites is 2. The zero-order chi connectivity index (χ0) is 27.4. The molecule has 0 aliphatic heterocycles. The van der Waals surface area contributed by atoms with Gasteiger partial charge in [0.15, 0.2) is 5.78 Å². The van der Waals surface area contributed by atoms with E-state index in [-0.39, 0.29) is 18.2 Å². The lowest BCUT2D eigenvalue weighted by Gasteiger charge is -2.35. The highest BCUT2D eigenvalue weighted by atomic mass is 35.5. The minimum Gasteiger partial charge on any atom is -0.349 e. The van der Waals surface area contributed by atoms with Crippen LogP contribution in [0.25, 0.3) is 11.0 Å². The fraction of sp³-hybridized carbons (Fsp3) is 0.276. The number of nitrogens with zero attached hydrogens (tertiary/aromatic N) is 4. The van der Waals surface area contributed by atoms with Gasteiger partial charge in [-0.15, -0.1) is 5.10 Å². The van der Waals surface area contributed by atoms with E-state index in [4.69, 9.17) is 11.6 Å². The van der Waals surface area contributed by atoms with E-state index in [1.165, 1.54) is 16.5 Å². The molecule has 1 atom stereocenters. The maximum atomic E-state index is 14.2. The average molecular weight is 532 g/mol. The van der Waals surface area contributed by atoms with Crippen LogP contribution in [0.1, 0.15) is 56.1 Å². The topological polar surface area (TPSA) is 97.2 Å². The molecule has 1 heterocycles. The Labute approximate surface area is 226 Å². The molecule has 0 unspecified atom stereocenters. The van der Waals surface area contributed by atoms with Crippen LogP contribution in [0.5, 0.6) is 0 Å². The van der Waals surface area contributed by atoms with Crippen LogP contribution in [0, 0.1) is 0 Å². The van der Waals surface area contributed by atoms with Gasteiger partial charge >= 0.3 is 0 Å². The second-order valence-corrected chi connectivity index (χ2v) is 10.2. The molecule has 4 aromatic rings. The second kappa shape index (κ2) is 11.1.